The van der Waals surface area contributed by atoms with Gasteiger partial charge in [0.25, 0.3) is 5.91 Å². The normalized spacial score (nSPS) is 12.0. The molecule has 2 N–H and O–H groups in total. The van der Waals surface area contributed by atoms with Crippen molar-refractivity contribution in [2.45, 2.75) is 19.8 Å². The molecule has 1 aromatic rings. The number of carbonyl (C=O) groups excluding carboxylic acids is 1. The predicted molar refractivity (Wildman–Crippen MR) is 70.8 cm³/mol. The fourth-order valence-corrected chi connectivity index (χ4v) is 1.77. The summed E-state index contributed by atoms with van der Waals surface area (Å²) in [6.45, 7) is 2.51. The minimum absolute atomic E-state index is 0.000323. The van der Waals surface area contributed by atoms with Crippen LogP contribution in [0.15, 0.2) is 18.2 Å². The SMILES string of the molecule is CCC(CCO)CNC(=O)c1ccc(OC)cc1F. The third-order valence-electron chi connectivity index (χ3n) is 3.09. The second-order valence-corrected chi connectivity index (χ2v) is 4.34. The second kappa shape index (κ2) is 7.74. The molecule has 0 heterocycles. The van der Waals surface area contributed by atoms with E-state index in [-0.39, 0.29) is 18.1 Å². The fraction of sp³-hybridized carbons (Fsp3) is 0.500. The van der Waals surface area contributed by atoms with Crippen molar-refractivity contribution in [2.24, 2.45) is 5.92 Å². The zero-order valence-electron chi connectivity index (χ0n) is 11.3. The van der Waals surface area contributed by atoms with Gasteiger partial charge >= 0.3 is 0 Å². The molecule has 1 atom stereocenters. The minimum atomic E-state index is -0.605. The van der Waals surface area contributed by atoms with Gasteiger partial charge in [-0.1, -0.05) is 13.3 Å². The lowest BCUT2D eigenvalue weighted by Gasteiger charge is -2.14. The summed E-state index contributed by atoms with van der Waals surface area (Å²) in [5.41, 5.74) is -0.000323. The Labute approximate surface area is 112 Å². The Morgan fingerprint density at radius 3 is 2.79 bits per heavy atom. The molecule has 0 bridgehead atoms. The Bertz CT molecular complexity index is 423. The van der Waals surface area contributed by atoms with Gasteiger partial charge in [-0.3, -0.25) is 4.79 Å². The number of amides is 1. The number of halogens is 1. The molecular formula is C14H20FNO3. The van der Waals surface area contributed by atoms with E-state index in [2.05, 4.69) is 5.32 Å². The maximum atomic E-state index is 13.7. The number of aliphatic hydroxyl groups excluding tert-OH is 1. The van der Waals surface area contributed by atoms with Crippen LogP contribution in [0.5, 0.6) is 5.75 Å². The van der Waals surface area contributed by atoms with Crippen molar-refractivity contribution in [1.29, 1.82) is 0 Å². The Hall–Kier alpha value is -1.62. The number of ether oxygens (including phenoxy) is 1. The zero-order valence-corrected chi connectivity index (χ0v) is 11.3. The summed E-state index contributed by atoms with van der Waals surface area (Å²) in [5, 5.41) is 11.5. The van der Waals surface area contributed by atoms with Gasteiger partial charge in [0.05, 0.1) is 12.7 Å². The van der Waals surface area contributed by atoms with Crippen molar-refractivity contribution < 1.29 is 19.0 Å². The molecule has 0 aliphatic carbocycles. The van der Waals surface area contributed by atoms with E-state index < -0.39 is 11.7 Å². The van der Waals surface area contributed by atoms with Crippen LogP contribution in [-0.2, 0) is 0 Å². The lowest BCUT2D eigenvalue weighted by molar-refractivity contribution is 0.0939. The summed E-state index contributed by atoms with van der Waals surface area (Å²) in [7, 11) is 1.44. The van der Waals surface area contributed by atoms with Crippen LogP contribution in [0.2, 0.25) is 0 Å². The van der Waals surface area contributed by atoms with Crippen LogP contribution in [0.3, 0.4) is 0 Å². The van der Waals surface area contributed by atoms with Crippen LogP contribution in [0, 0.1) is 11.7 Å². The van der Waals surface area contributed by atoms with Crippen molar-refractivity contribution >= 4 is 5.91 Å². The first-order valence-electron chi connectivity index (χ1n) is 6.35. The molecule has 1 unspecified atom stereocenters. The van der Waals surface area contributed by atoms with E-state index in [0.29, 0.717) is 18.7 Å². The standard InChI is InChI=1S/C14H20FNO3/c1-3-10(6-7-17)9-16-14(18)12-5-4-11(19-2)8-13(12)15/h4-5,8,10,17H,3,6-7,9H2,1-2H3,(H,16,18). The van der Waals surface area contributed by atoms with Gasteiger partial charge in [-0.15, -0.1) is 0 Å². The molecule has 4 nitrogen and oxygen atoms in total. The van der Waals surface area contributed by atoms with E-state index in [1.165, 1.54) is 19.2 Å². The first-order valence-corrected chi connectivity index (χ1v) is 6.35. The summed E-state index contributed by atoms with van der Waals surface area (Å²) < 4.78 is 18.5. The van der Waals surface area contributed by atoms with Crippen molar-refractivity contribution in [3.63, 3.8) is 0 Å². The van der Waals surface area contributed by atoms with E-state index in [1.54, 1.807) is 6.07 Å². The molecule has 0 saturated carbocycles. The number of methoxy groups -OCH3 is 1. The highest BCUT2D eigenvalue weighted by atomic mass is 19.1. The lowest BCUT2D eigenvalue weighted by Crippen LogP contribution is -2.30. The minimum Gasteiger partial charge on any atom is -0.497 e. The molecule has 0 radical (unpaired) electrons. The van der Waals surface area contributed by atoms with Crippen LogP contribution >= 0.6 is 0 Å². The average molecular weight is 269 g/mol. The summed E-state index contributed by atoms with van der Waals surface area (Å²) in [6.07, 6.45) is 1.48. The van der Waals surface area contributed by atoms with Crippen LogP contribution in [0.4, 0.5) is 4.39 Å². The topological polar surface area (TPSA) is 58.6 Å². The van der Waals surface area contributed by atoms with Crippen LogP contribution in [0.1, 0.15) is 30.1 Å². The lowest BCUT2D eigenvalue weighted by atomic mass is 10.0. The molecular weight excluding hydrogens is 249 g/mol. The smallest absolute Gasteiger partial charge is 0.254 e. The highest BCUT2D eigenvalue weighted by molar-refractivity contribution is 5.94. The Kier molecular flexibility index (Phi) is 6.29. The van der Waals surface area contributed by atoms with Gasteiger partial charge in [0.2, 0.25) is 0 Å². The summed E-state index contributed by atoms with van der Waals surface area (Å²) in [5.74, 6) is -0.473. The van der Waals surface area contributed by atoms with Crippen LogP contribution in [0.25, 0.3) is 0 Å². The molecule has 0 aliphatic rings. The third kappa shape index (κ3) is 4.52. The van der Waals surface area contributed by atoms with Gasteiger partial charge in [-0.05, 0) is 24.5 Å². The predicted octanol–water partition coefficient (Wildman–Crippen LogP) is 1.97. The molecule has 1 rings (SSSR count). The number of hydrogen-bond donors (Lipinski definition) is 2. The molecule has 0 fully saturated rings. The van der Waals surface area contributed by atoms with Gasteiger partial charge in [-0.25, -0.2) is 4.39 Å². The van der Waals surface area contributed by atoms with Crippen molar-refractivity contribution in [3.05, 3.63) is 29.6 Å². The zero-order chi connectivity index (χ0) is 14.3. The molecule has 0 aromatic heterocycles. The Balaban J connectivity index is 2.63. The molecule has 106 valence electrons. The number of benzene rings is 1. The molecule has 0 saturated heterocycles. The molecule has 1 amide bonds. The molecule has 1 aromatic carbocycles. The maximum absolute atomic E-state index is 13.7. The fourth-order valence-electron chi connectivity index (χ4n) is 1.77. The monoisotopic (exact) mass is 269 g/mol. The summed E-state index contributed by atoms with van der Waals surface area (Å²) >= 11 is 0. The number of nitrogens with one attached hydrogen (secondary N) is 1. The highest BCUT2D eigenvalue weighted by Crippen LogP contribution is 2.16. The molecule has 19 heavy (non-hydrogen) atoms. The first kappa shape index (κ1) is 15.4. The molecule has 0 spiro atoms. The van der Waals surface area contributed by atoms with Gasteiger partial charge < -0.3 is 15.2 Å². The van der Waals surface area contributed by atoms with Crippen molar-refractivity contribution in [2.75, 3.05) is 20.3 Å². The van der Waals surface area contributed by atoms with Gasteiger partial charge in [0.1, 0.15) is 11.6 Å². The number of hydrogen-bond acceptors (Lipinski definition) is 3. The van der Waals surface area contributed by atoms with E-state index in [4.69, 9.17) is 9.84 Å². The molecule has 0 aliphatic heterocycles. The summed E-state index contributed by atoms with van der Waals surface area (Å²) in [4.78, 5) is 11.8. The van der Waals surface area contributed by atoms with E-state index in [1.807, 2.05) is 6.92 Å². The molecule has 5 heteroatoms. The maximum Gasteiger partial charge on any atom is 0.254 e. The number of rotatable bonds is 7. The Morgan fingerprint density at radius 2 is 2.26 bits per heavy atom. The number of carbonyl (C=O) groups is 1. The first-order chi connectivity index (χ1) is 9.12. The van der Waals surface area contributed by atoms with E-state index in [0.717, 1.165) is 6.42 Å². The largest absolute Gasteiger partial charge is 0.497 e. The number of aliphatic hydroxyl groups is 1. The summed E-state index contributed by atoms with van der Waals surface area (Å²) in [6, 6.07) is 4.12. The Morgan fingerprint density at radius 1 is 1.53 bits per heavy atom. The van der Waals surface area contributed by atoms with Crippen molar-refractivity contribution in [3.8, 4) is 5.75 Å². The van der Waals surface area contributed by atoms with Crippen LogP contribution in [-0.4, -0.2) is 31.3 Å². The van der Waals surface area contributed by atoms with Gasteiger partial charge in [-0.2, -0.15) is 0 Å². The highest BCUT2D eigenvalue weighted by Gasteiger charge is 2.14. The van der Waals surface area contributed by atoms with Gasteiger partial charge in [0.15, 0.2) is 0 Å². The van der Waals surface area contributed by atoms with Crippen LogP contribution < -0.4 is 10.1 Å². The second-order valence-electron chi connectivity index (χ2n) is 4.34. The van der Waals surface area contributed by atoms with Crippen molar-refractivity contribution in [1.82, 2.24) is 5.32 Å². The van der Waals surface area contributed by atoms with E-state index >= 15 is 0 Å². The quantitative estimate of drug-likeness (QED) is 0.795. The van der Waals surface area contributed by atoms with Gasteiger partial charge in [0, 0.05) is 19.2 Å². The average Bonchev–Trinajstić information content (AvgIpc) is 2.42. The van der Waals surface area contributed by atoms with E-state index in [9.17, 15) is 9.18 Å². The third-order valence-corrected chi connectivity index (χ3v) is 3.09.